The van der Waals surface area contributed by atoms with E-state index >= 15 is 0 Å². The fourth-order valence-electron chi connectivity index (χ4n) is 9.25. The van der Waals surface area contributed by atoms with Crippen molar-refractivity contribution in [2.24, 2.45) is 0 Å². The third-order valence-electron chi connectivity index (χ3n) is 14.0. The van der Waals surface area contributed by atoms with E-state index < -0.39 is 6.10 Å². The topological polar surface area (TPSA) is 78.9 Å². The molecule has 0 spiro atoms. The molecule has 73 heavy (non-hydrogen) atoms. The minimum atomic E-state index is -0.793. The molecule has 0 amide bonds. The number of esters is 3. The van der Waals surface area contributed by atoms with Crippen LogP contribution in [0.3, 0.4) is 0 Å². The molecular formula is C67H120O6. The van der Waals surface area contributed by atoms with Crippen molar-refractivity contribution in [2.75, 3.05) is 13.2 Å². The summed E-state index contributed by atoms with van der Waals surface area (Å²) in [4.78, 5) is 38.2. The molecule has 0 aromatic carbocycles. The average Bonchev–Trinajstić information content (AvgIpc) is 3.39. The second-order valence-corrected chi connectivity index (χ2v) is 21.3. The third kappa shape index (κ3) is 59.9. The maximum Gasteiger partial charge on any atom is 0.306 e. The predicted molar refractivity (Wildman–Crippen MR) is 316 cm³/mol. The molecule has 0 aliphatic rings. The first kappa shape index (κ1) is 70.1. The van der Waals surface area contributed by atoms with Gasteiger partial charge in [-0.15, -0.1) is 0 Å². The van der Waals surface area contributed by atoms with Crippen molar-refractivity contribution in [3.05, 3.63) is 60.8 Å². The van der Waals surface area contributed by atoms with E-state index in [1.807, 2.05) is 0 Å². The molecular weight excluding hydrogens is 901 g/mol. The zero-order valence-corrected chi connectivity index (χ0v) is 48.7. The molecule has 0 heterocycles. The molecule has 0 fully saturated rings. The molecule has 0 aliphatic heterocycles. The van der Waals surface area contributed by atoms with Gasteiger partial charge in [-0.2, -0.15) is 0 Å². The maximum atomic E-state index is 12.8. The van der Waals surface area contributed by atoms with Gasteiger partial charge in [0, 0.05) is 19.3 Å². The second kappa shape index (κ2) is 61.7. The van der Waals surface area contributed by atoms with Gasteiger partial charge in [-0.3, -0.25) is 14.4 Å². The van der Waals surface area contributed by atoms with Crippen LogP contribution in [-0.2, 0) is 28.6 Å². The van der Waals surface area contributed by atoms with Gasteiger partial charge in [-0.1, -0.05) is 287 Å². The summed E-state index contributed by atoms with van der Waals surface area (Å²) in [6.45, 7) is 6.53. The Morgan fingerprint density at radius 1 is 0.288 bits per heavy atom. The molecule has 0 N–H and O–H groups in total. The number of unbranched alkanes of at least 4 members (excludes halogenated alkanes) is 37. The van der Waals surface area contributed by atoms with Crippen molar-refractivity contribution in [3.8, 4) is 0 Å². The van der Waals surface area contributed by atoms with E-state index in [-0.39, 0.29) is 37.5 Å². The Bertz CT molecular complexity index is 1310. The SMILES string of the molecule is CC/C=C\C/C=C\C/C=C\C/C=C\CCCCC(=O)OC(COC(=O)CCCCCCCCCCCCCCC)COC(=O)CCCCCCCCCCCCCCCCC/C=C\CCCCCCCCCC. The standard InChI is InChI=1S/C67H120O6/c1-4-7-10-13-16-19-22-25-27-28-29-30-31-32-33-34-35-36-37-38-40-42-45-48-51-54-57-60-66(69)72-63-64(62-71-65(68)59-56-53-50-47-44-41-24-21-18-15-12-9-6-3)73-67(70)61-58-55-52-49-46-43-39-26-23-20-17-14-11-8-5-2/h8,11,17,20,26,28-29,39,46,49,64H,4-7,9-10,12-16,18-19,21-25,27,30-38,40-45,47-48,50-63H2,1-3H3/b11-8-,20-17-,29-28-,39-26-,49-46-. The largest absolute Gasteiger partial charge is 0.462 e. The van der Waals surface area contributed by atoms with Crippen molar-refractivity contribution in [2.45, 2.75) is 335 Å². The molecule has 1 atom stereocenters. The van der Waals surface area contributed by atoms with E-state index in [0.29, 0.717) is 19.3 Å². The quantitative estimate of drug-likeness (QED) is 0.0261. The lowest BCUT2D eigenvalue weighted by molar-refractivity contribution is -0.167. The van der Waals surface area contributed by atoms with Gasteiger partial charge in [0.1, 0.15) is 13.2 Å². The maximum absolute atomic E-state index is 12.8. The predicted octanol–water partition coefficient (Wildman–Crippen LogP) is 21.6. The van der Waals surface area contributed by atoms with Crippen LogP contribution in [0.1, 0.15) is 329 Å². The van der Waals surface area contributed by atoms with Crippen LogP contribution in [0.15, 0.2) is 60.8 Å². The summed E-state index contributed by atoms with van der Waals surface area (Å²) in [5.41, 5.74) is 0. The van der Waals surface area contributed by atoms with Gasteiger partial charge in [0.05, 0.1) is 0 Å². The number of hydrogen-bond acceptors (Lipinski definition) is 6. The van der Waals surface area contributed by atoms with Crippen molar-refractivity contribution in [1.29, 1.82) is 0 Å². The zero-order chi connectivity index (χ0) is 52.9. The van der Waals surface area contributed by atoms with Crippen LogP contribution in [0, 0.1) is 0 Å². The molecule has 0 bridgehead atoms. The van der Waals surface area contributed by atoms with Crippen LogP contribution in [0.5, 0.6) is 0 Å². The molecule has 0 aromatic heterocycles. The summed E-state index contributed by atoms with van der Waals surface area (Å²) >= 11 is 0. The van der Waals surface area contributed by atoms with E-state index in [1.165, 1.54) is 205 Å². The lowest BCUT2D eigenvalue weighted by Crippen LogP contribution is -2.30. The Kier molecular flexibility index (Phi) is 59.2. The minimum Gasteiger partial charge on any atom is -0.462 e. The first-order valence-corrected chi connectivity index (χ1v) is 31.8. The highest BCUT2D eigenvalue weighted by atomic mass is 16.6. The third-order valence-corrected chi connectivity index (χ3v) is 14.0. The van der Waals surface area contributed by atoms with E-state index in [4.69, 9.17) is 14.2 Å². The minimum absolute atomic E-state index is 0.0873. The van der Waals surface area contributed by atoms with Gasteiger partial charge in [-0.05, 0) is 83.5 Å². The number of carbonyl (C=O) groups excluding carboxylic acids is 3. The summed E-state index contributed by atoms with van der Waals surface area (Å²) < 4.78 is 16.9. The van der Waals surface area contributed by atoms with Gasteiger partial charge in [0.25, 0.3) is 0 Å². The molecule has 0 saturated heterocycles. The molecule has 0 rings (SSSR count). The van der Waals surface area contributed by atoms with E-state index in [9.17, 15) is 14.4 Å². The van der Waals surface area contributed by atoms with Crippen LogP contribution in [0.2, 0.25) is 0 Å². The van der Waals surface area contributed by atoms with Crippen molar-refractivity contribution >= 4 is 17.9 Å². The Labute approximate surface area is 453 Å². The first-order valence-electron chi connectivity index (χ1n) is 31.8. The van der Waals surface area contributed by atoms with Crippen molar-refractivity contribution in [1.82, 2.24) is 0 Å². The Morgan fingerprint density at radius 2 is 0.534 bits per heavy atom. The van der Waals surface area contributed by atoms with Crippen molar-refractivity contribution in [3.63, 3.8) is 0 Å². The molecule has 6 nitrogen and oxygen atoms in total. The Morgan fingerprint density at radius 3 is 0.877 bits per heavy atom. The molecule has 1 unspecified atom stereocenters. The monoisotopic (exact) mass is 1020 g/mol. The fraction of sp³-hybridized carbons (Fsp3) is 0.806. The number of carbonyl (C=O) groups is 3. The van der Waals surface area contributed by atoms with E-state index in [0.717, 1.165) is 77.0 Å². The van der Waals surface area contributed by atoms with Crippen LogP contribution >= 0.6 is 0 Å². The van der Waals surface area contributed by atoms with Gasteiger partial charge < -0.3 is 14.2 Å². The molecule has 0 radical (unpaired) electrons. The van der Waals surface area contributed by atoms with Crippen LogP contribution in [-0.4, -0.2) is 37.2 Å². The van der Waals surface area contributed by atoms with Crippen LogP contribution in [0.4, 0.5) is 0 Å². The molecule has 6 heteroatoms. The Balaban J connectivity index is 4.24. The summed E-state index contributed by atoms with van der Waals surface area (Å²) in [7, 11) is 0. The fourth-order valence-corrected chi connectivity index (χ4v) is 9.25. The van der Waals surface area contributed by atoms with E-state index in [1.54, 1.807) is 0 Å². The zero-order valence-electron chi connectivity index (χ0n) is 48.7. The van der Waals surface area contributed by atoms with Crippen molar-refractivity contribution < 1.29 is 28.6 Å². The highest BCUT2D eigenvalue weighted by Crippen LogP contribution is 2.17. The van der Waals surface area contributed by atoms with Gasteiger partial charge in [0.2, 0.25) is 0 Å². The number of rotatable bonds is 58. The second-order valence-electron chi connectivity index (χ2n) is 21.3. The summed E-state index contributed by atoms with van der Waals surface area (Å²) in [6, 6.07) is 0. The normalized spacial score (nSPS) is 12.4. The van der Waals surface area contributed by atoms with Crippen LogP contribution < -0.4 is 0 Å². The average molecular weight is 1020 g/mol. The highest BCUT2D eigenvalue weighted by molar-refractivity contribution is 5.71. The summed E-state index contributed by atoms with van der Waals surface area (Å²) in [5.74, 6) is -0.913. The smallest absolute Gasteiger partial charge is 0.306 e. The molecule has 424 valence electrons. The Hall–Kier alpha value is -2.89. The lowest BCUT2D eigenvalue weighted by atomic mass is 10.0. The first-order chi connectivity index (χ1) is 36.0. The van der Waals surface area contributed by atoms with Gasteiger partial charge in [-0.25, -0.2) is 0 Å². The summed E-state index contributed by atoms with van der Waals surface area (Å²) in [5, 5.41) is 0. The number of hydrogen-bond donors (Lipinski definition) is 0. The number of allylic oxidation sites excluding steroid dienone is 10. The molecule has 0 aromatic rings. The molecule has 0 aliphatic carbocycles. The highest BCUT2D eigenvalue weighted by Gasteiger charge is 2.19. The number of ether oxygens (including phenoxy) is 3. The van der Waals surface area contributed by atoms with Gasteiger partial charge in [0.15, 0.2) is 6.10 Å². The van der Waals surface area contributed by atoms with E-state index in [2.05, 4.69) is 81.5 Å². The van der Waals surface area contributed by atoms with Crippen LogP contribution in [0.25, 0.3) is 0 Å². The molecule has 0 saturated carbocycles. The lowest BCUT2D eigenvalue weighted by Gasteiger charge is -2.18. The summed E-state index contributed by atoms with van der Waals surface area (Å²) in [6.07, 6.45) is 78.1. The van der Waals surface area contributed by atoms with Gasteiger partial charge >= 0.3 is 17.9 Å².